The number of aromatic nitrogens is 2. The summed E-state index contributed by atoms with van der Waals surface area (Å²) < 4.78 is 7.22. The van der Waals surface area contributed by atoms with E-state index in [0.717, 1.165) is 25.7 Å². The molecule has 0 saturated carbocycles. The second-order valence-electron chi connectivity index (χ2n) is 5.40. The van der Waals surface area contributed by atoms with Crippen LogP contribution in [-0.2, 0) is 16.1 Å². The van der Waals surface area contributed by atoms with Crippen LogP contribution in [0.1, 0.15) is 44.4 Å². The number of aromatic amines is 1. The molecule has 9 heteroatoms. The standard InChI is InChI=1S/C14H21N3O5.CH4S/c1-2-3-10-4-5-11(22-10)17-8-9(6-15-7-12(18)19)13(20)16-14(17)21;1-2/h8,10-11,15H,2-7H2,1H3,(H,18,19)(H,16,20,21);2H,1H3. The van der Waals surface area contributed by atoms with Gasteiger partial charge in [0.25, 0.3) is 5.56 Å². The van der Waals surface area contributed by atoms with E-state index in [-0.39, 0.29) is 25.4 Å². The Morgan fingerprint density at radius 3 is 2.79 bits per heavy atom. The molecule has 136 valence electrons. The number of carboxylic acids is 1. The van der Waals surface area contributed by atoms with E-state index in [9.17, 15) is 14.4 Å². The minimum Gasteiger partial charge on any atom is -0.480 e. The average Bonchev–Trinajstić information content (AvgIpc) is 3.00. The lowest BCUT2D eigenvalue weighted by Gasteiger charge is -2.16. The van der Waals surface area contributed by atoms with E-state index < -0.39 is 17.2 Å². The molecule has 1 fully saturated rings. The van der Waals surface area contributed by atoms with Gasteiger partial charge in [-0.3, -0.25) is 19.1 Å². The molecule has 0 bridgehead atoms. The summed E-state index contributed by atoms with van der Waals surface area (Å²) in [7, 11) is 0. The van der Waals surface area contributed by atoms with Crippen molar-refractivity contribution in [1.29, 1.82) is 0 Å². The van der Waals surface area contributed by atoms with Gasteiger partial charge in [-0.2, -0.15) is 12.6 Å². The summed E-state index contributed by atoms with van der Waals surface area (Å²) in [5, 5.41) is 11.2. The maximum absolute atomic E-state index is 11.9. The Balaban J connectivity index is 0.00000139. The van der Waals surface area contributed by atoms with E-state index in [0.29, 0.717) is 5.56 Å². The molecule has 1 saturated heterocycles. The fraction of sp³-hybridized carbons (Fsp3) is 0.667. The minimum atomic E-state index is -1.01. The quantitative estimate of drug-likeness (QED) is 0.534. The number of hydrogen-bond acceptors (Lipinski definition) is 6. The molecule has 2 atom stereocenters. The molecule has 1 aromatic heterocycles. The highest BCUT2D eigenvalue weighted by atomic mass is 32.1. The van der Waals surface area contributed by atoms with Crippen molar-refractivity contribution in [2.45, 2.75) is 51.5 Å². The highest BCUT2D eigenvalue weighted by Gasteiger charge is 2.27. The topological polar surface area (TPSA) is 113 Å². The van der Waals surface area contributed by atoms with Crippen LogP contribution < -0.4 is 16.6 Å². The van der Waals surface area contributed by atoms with Crippen LogP contribution in [0.5, 0.6) is 0 Å². The van der Waals surface area contributed by atoms with Crippen molar-refractivity contribution in [3.8, 4) is 0 Å². The molecule has 3 N–H and O–H groups in total. The Morgan fingerprint density at radius 1 is 1.46 bits per heavy atom. The summed E-state index contributed by atoms with van der Waals surface area (Å²) in [4.78, 5) is 36.4. The molecule has 2 unspecified atom stereocenters. The SMILES string of the molecule is CCCC1CCC(n2cc(CNCC(=O)O)c(=O)[nH]c2=O)O1.CS. The molecule has 2 heterocycles. The van der Waals surface area contributed by atoms with E-state index in [1.807, 2.05) is 0 Å². The number of H-pyrrole nitrogens is 1. The molecule has 0 radical (unpaired) electrons. The number of rotatable bonds is 7. The smallest absolute Gasteiger partial charge is 0.330 e. The van der Waals surface area contributed by atoms with E-state index in [2.05, 4.69) is 29.9 Å². The maximum Gasteiger partial charge on any atom is 0.330 e. The predicted octanol–water partition coefficient (Wildman–Crippen LogP) is 0.735. The number of hydrogen-bond donors (Lipinski definition) is 4. The van der Waals surface area contributed by atoms with E-state index in [1.165, 1.54) is 10.8 Å². The largest absolute Gasteiger partial charge is 0.480 e. The van der Waals surface area contributed by atoms with Crippen molar-refractivity contribution in [3.63, 3.8) is 0 Å². The van der Waals surface area contributed by atoms with Gasteiger partial charge in [0.1, 0.15) is 6.23 Å². The first-order valence-corrected chi connectivity index (χ1v) is 8.77. The number of nitrogens with one attached hydrogen (secondary N) is 2. The Morgan fingerprint density at radius 2 is 2.17 bits per heavy atom. The molecule has 24 heavy (non-hydrogen) atoms. The van der Waals surface area contributed by atoms with Crippen molar-refractivity contribution < 1.29 is 14.6 Å². The van der Waals surface area contributed by atoms with Crippen molar-refractivity contribution >= 4 is 18.6 Å². The third kappa shape index (κ3) is 5.81. The molecule has 8 nitrogen and oxygen atoms in total. The fourth-order valence-corrected chi connectivity index (χ4v) is 2.60. The zero-order chi connectivity index (χ0) is 18.1. The molecule has 1 aromatic rings. The van der Waals surface area contributed by atoms with Crippen molar-refractivity contribution in [2.75, 3.05) is 12.8 Å². The molecule has 0 aliphatic carbocycles. The zero-order valence-corrected chi connectivity index (χ0v) is 14.8. The first-order valence-electron chi connectivity index (χ1n) is 7.88. The number of ether oxygens (including phenoxy) is 1. The van der Waals surface area contributed by atoms with E-state index in [4.69, 9.17) is 9.84 Å². The lowest BCUT2D eigenvalue weighted by molar-refractivity contribution is -0.136. The second-order valence-corrected chi connectivity index (χ2v) is 5.40. The van der Waals surface area contributed by atoms with E-state index in [1.54, 1.807) is 6.26 Å². The minimum absolute atomic E-state index is 0.0764. The Hall–Kier alpha value is -1.58. The van der Waals surface area contributed by atoms with Crippen LogP contribution in [-0.4, -0.2) is 39.5 Å². The monoisotopic (exact) mass is 359 g/mol. The summed E-state index contributed by atoms with van der Waals surface area (Å²) >= 11 is 3.53. The highest BCUT2D eigenvalue weighted by molar-refractivity contribution is 7.79. The predicted molar refractivity (Wildman–Crippen MR) is 93.6 cm³/mol. The third-order valence-corrected chi connectivity index (χ3v) is 3.64. The lowest BCUT2D eigenvalue weighted by atomic mass is 10.1. The lowest BCUT2D eigenvalue weighted by Crippen LogP contribution is -2.36. The van der Waals surface area contributed by atoms with Gasteiger partial charge in [-0.1, -0.05) is 13.3 Å². The molecule has 0 aromatic carbocycles. The van der Waals surface area contributed by atoms with Crippen LogP contribution in [0, 0.1) is 0 Å². The van der Waals surface area contributed by atoms with Crippen LogP contribution in [0.4, 0.5) is 0 Å². The van der Waals surface area contributed by atoms with Gasteiger partial charge in [-0.05, 0) is 25.5 Å². The van der Waals surface area contributed by atoms with Gasteiger partial charge in [0.2, 0.25) is 0 Å². The van der Waals surface area contributed by atoms with Gasteiger partial charge >= 0.3 is 11.7 Å². The maximum atomic E-state index is 11.9. The zero-order valence-electron chi connectivity index (χ0n) is 13.9. The van der Waals surface area contributed by atoms with Crippen LogP contribution in [0.3, 0.4) is 0 Å². The Bertz CT molecular complexity index is 643. The van der Waals surface area contributed by atoms with Crippen molar-refractivity contribution in [2.24, 2.45) is 0 Å². The van der Waals surface area contributed by atoms with E-state index >= 15 is 0 Å². The highest BCUT2D eigenvalue weighted by Crippen LogP contribution is 2.29. The van der Waals surface area contributed by atoms with Gasteiger partial charge in [0, 0.05) is 18.3 Å². The second kappa shape index (κ2) is 10.3. The molecule has 1 aliphatic heterocycles. The molecular weight excluding hydrogens is 334 g/mol. The third-order valence-electron chi connectivity index (χ3n) is 3.64. The fourth-order valence-electron chi connectivity index (χ4n) is 2.60. The molecule has 1 aliphatic rings. The molecular formula is C15H25N3O5S. The number of carboxylic acid groups (broad SMARTS) is 1. The molecule has 2 rings (SSSR count). The summed E-state index contributed by atoms with van der Waals surface area (Å²) in [6.07, 6.45) is 6.48. The summed E-state index contributed by atoms with van der Waals surface area (Å²) in [5.41, 5.74) is -0.709. The van der Waals surface area contributed by atoms with Gasteiger partial charge in [0.15, 0.2) is 0 Å². The van der Waals surface area contributed by atoms with Gasteiger partial charge in [0.05, 0.1) is 12.6 Å². The number of nitrogens with zero attached hydrogens (tertiary/aromatic N) is 1. The van der Waals surface area contributed by atoms with Gasteiger partial charge in [-0.25, -0.2) is 4.79 Å². The van der Waals surface area contributed by atoms with Gasteiger partial charge < -0.3 is 15.2 Å². The number of thiol groups is 1. The van der Waals surface area contributed by atoms with Crippen LogP contribution in [0.15, 0.2) is 15.8 Å². The summed E-state index contributed by atoms with van der Waals surface area (Å²) in [6, 6.07) is 0. The van der Waals surface area contributed by atoms with Gasteiger partial charge in [-0.15, -0.1) is 0 Å². The summed E-state index contributed by atoms with van der Waals surface area (Å²) in [6.45, 7) is 1.90. The first kappa shape index (κ1) is 20.5. The number of aliphatic carboxylic acids is 1. The molecule has 0 amide bonds. The Kier molecular flexibility index (Phi) is 8.80. The molecule has 0 spiro atoms. The van der Waals surface area contributed by atoms with Crippen LogP contribution in [0.2, 0.25) is 0 Å². The average molecular weight is 359 g/mol. The first-order chi connectivity index (χ1) is 11.5. The van der Waals surface area contributed by atoms with Crippen LogP contribution >= 0.6 is 12.6 Å². The normalized spacial score (nSPS) is 19.6. The van der Waals surface area contributed by atoms with Crippen molar-refractivity contribution in [3.05, 3.63) is 32.6 Å². The summed E-state index contributed by atoms with van der Waals surface area (Å²) in [5.74, 6) is -1.01. The van der Waals surface area contributed by atoms with Crippen LogP contribution in [0.25, 0.3) is 0 Å². The van der Waals surface area contributed by atoms with Crippen molar-refractivity contribution in [1.82, 2.24) is 14.9 Å². The Labute approximate surface area is 145 Å². The number of carbonyl (C=O) groups is 1.